The van der Waals surface area contributed by atoms with Gasteiger partial charge in [-0.25, -0.2) is 4.99 Å². The second-order valence-corrected chi connectivity index (χ2v) is 10.6. The lowest BCUT2D eigenvalue weighted by molar-refractivity contribution is -0.129. The van der Waals surface area contributed by atoms with Crippen LogP contribution in [0.15, 0.2) is 102 Å². The number of amides is 1. The van der Waals surface area contributed by atoms with Gasteiger partial charge < -0.3 is 34.1 Å². The summed E-state index contributed by atoms with van der Waals surface area (Å²) in [6.07, 6.45) is 0.0996. The van der Waals surface area contributed by atoms with Crippen LogP contribution in [0.4, 0.5) is 0 Å². The third-order valence-corrected chi connectivity index (χ3v) is 7.63. The first-order valence-electron chi connectivity index (χ1n) is 14.5. The summed E-state index contributed by atoms with van der Waals surface area (Å²) in [5.41, 5.74) is 1.96. The van der Waals surface area contributed by atoms with Gasteiger partial charge in [0.2, 0.25) is 12.7 Å². The van der Waals surface area contributed by atoms with Gasteiger partial charge >= 0.3 is 0 Å². The van der Waals surface area contributed by atoms with Gasteiger partial charge in [-0.1, -0.05) is 48.5 Å². The van der Waals surface area contributed by atoms with Crippen molar-refractivity contribution in [1.29, 1.82) is 0 Å². The molecule has 4 aromatic rings. The highest BCUT2D eigenvalue weighted by molar-refractivity contribution is 6.01. The first-order valence-corrected chi connectivity index (χ1v) is 14.5. The van der Waals surface area contributed by atoms with Crippen LogP contribution in [0.5, 0.6) is 23.0 Å². The number of methoxy groups -OCH3 is 1. The molecule has 6 rings (SSSR count). The van der Waals surface area contributed by atoms with E-state index in [9.17, 15) is 4.79 Å². The van der Waals surface area contributed by atoms with Gasteiger partial charge in [0, 0.05) is 31.6 Å². The van der Waals surface area contributed by atoms with Crippen molar-refractivity contribution in [2.24, 2.45) is 4.99 Å². The number of aliphatic imine (C=N–C) groups is 1. The summed E-state index contributed by atoms with van der Waals surface area (Å²) in [4.78, 5) is 19.6. The maximum Gasteiger partial charge on any atom is 0.252 e. The number of hydrogen-bond acceptors (Lipinski definition) is 8. The molecule has 44 heavy (non-hydrogen) atoms. The van der Waals surface area contributed by atoms with Gasteiger partial charge in [-0.05, 0) is 65.2 Å². The van der Waals surface area contributed by atoms with Crippen LogP contribution < -0.4 is 24.3 Å². The highest BCUT2D eigenvalue weighted by Gasteiger charge is 2.53. The van der Waals surface area contributed by atoms with Crippen LogP contribution in [0, 0.1) is 0 Å². The molecule has 4 aromatic carbocycles. The topological polar surface area (TPSA) is 108 Å². The molecule has 2 atom stereocenters. The number of rotatable bonds is 12. The summed E-state index contributed by atoms with van der Waals surface area (Å²) in [6, 6.07) is 30.4. The minimum atomic E-state index is -1.34. The van der Waals surface area contributed by atoms with Gasteiger partial charge in [0.25, 0.3) is 5.91 Å². The molecule has 0 aliphatic carbocycles. The van der Waals surface area contributed by atoms with E-state index in [1.807, 2.05) is 97.1 Å². The number of nitrogens with zero attached hydrogens (tertiary/aromatic N) is 1. The lowest BCUT2D eigenvalue weighted by atomic mass is 9.82. The molecule has 0 fully saturated rings. The Balaban J connectivity index is 1.37. The van der Waals surface area contributed by atoms with E-state index in [4.69, 9.17) is 33.8 Å². The summed E-state index contributed by atoms with van der Waals surface area (Å²) in [7, 11) is 1.61. The summed E-state index contributed by atoms with van der Waals surface area (Å²) in [6.45, 7) is 0.920. The van der Waals surface area contributed by atoms with Gasteiger partial charge in [-0.2, -0.15) is 0 Å². The van der Waals surface area contributed by atoms with Crippen LogP contribution in [0.25, 0.3) is 0 Å². The number of aliphatic hydroxyl groups excluding tert-OH is 1. The molecule has 226 valence electrons. The van der Waals surface area contributed by atoms with Crippen molar-refractivity contribution >= 4 is 11.8 Å². The number of ether oxygens (including phenoxy) is 5. The first-order chi connectivity index (χ1) is 21.6. The molecule has 0 saturated carbocycles. The first kappa shape index (κ1) is 29.1. The zero-order valence-electron chi connectivity index (χ0n) is 24.4. The minimum Gasteiger partial charge on any atom is -0.497 e. The van der Waals surface area contributed by atoms with E-state index in [0.717, 1.165) is 16.7 Å². The number of benzene rings is 4. The lowest BCUT2D eigenvalue weighted by Crippen LogP contribution is -2.49. The zero-order valence-corrected chi connectivity index (χ0v) is 24.4. The molecule has 2 heterocycles. The molecule has 9 heteroatoms. The van der Waals surface area contributed by atoms with E-state index < -0.39 is 11.6 Å². The largest absolute Gasteiger partial charge is 0.497 e. The Morgan fingerprint density at radius 1 is 0.932 bits per heavy atom. The van der Waals surface area contributed by atoms with Gasteiger partial charge in [0.05, 0.1) is 13.7 Å². The fourth-order valence-corrected chi connectivity index (χ4v) is 5.38. The van der Waals surface area contributed by atoms with Crippen LogP contribution in [0.2, 0.25) is 0 Å². The average Bonchev–Trinajstić information content (AvgIpc) is 3.70. The fourth-order valence-electron chi connectivity index (χ4n) is 5.38. The number of aliphatic hydroxyl groups is 1. The zero-order chi connectivity index (χ0) is 30.4. The highest BCUT2D eigenvalue weighted by Crippen LogP contribution is 2.43. The standard InChI is InChI=1S/C35H34N2O7/c1-40-29-10-5-9-27(20-29)32-35(21-24-7-3-2-4-8-24,34(39)36-22-25-11-16-30-31(19-25)43-23-42-30)37-33(44-32)26-12-14-28(15-13-26)41-18-6-17-38/h2-5,7-16,19-20,32,38H,6,17-18,21-23H2,1H3,(H,36,39)/t32-,35-/m1/s1. The molecular weight excluding hydrogens is 560 g/mol. The lowest BCUT2D eigenvalue weighted by Gasteiger charge is -2.31. The number of fused-ring (bicyclic) bond motifs is 1. The number of carbonyl (C=O) groups excluding carboxylic acids is 1. The van der Waals surface area contributed by atoms with E-state index in [1.54, 1.807) is 7.11 Å². The molecule has 0 saturated heterocycles. The molecule has 9 nitrogen and oxygen atoms in total. The van der Waals surface area contributed by atoms with Gasteiger partial charge in [0.15, 0.2) is 23.1 Å². The third-order valence-electron chi connectivity index (χ3n) is 7.63. The normalized spacial score (nSPS) is 18.3. The van der Waals surface area contributed by atoms with Crippen molar-refractivity contribution in [2.75, 3.05) is 27.1 Å². The summed E-state index contributed by atoms with van der Waals surface area (Å²) in [5, 5.41) is 12.2. The van der Waals surface area contributed by atoms with Crippen molar-refractivity contribution in [3.05, 3.63) is 119 Å². The molecule has 0 bridgehead atoms. The fraction of sp³-hybridized carbons (Fsp3) is 0.257. The maximum absolute atomic E-state index is 14.5. The molecule has 0 radical (unpaired) electrons. The van der Waals surface area contributed by atoms with Crippen LogP contribution in [-0.4, -0.2) is 49.6 Å². The smallest absolute Gasteiger partial charge is 0.252 e. The minimum absolute atomic E-state index is 0.0641. The Kier molecular flexibility index (Phi) is 8.65. The van der Waals surface area contributed by atoms with Gasteiger partial charge in [-0.15, -0.1) is 0 Å². The molecule has 0 aromatic heterocycles. The summed E-state index contributed by atoms with van der Waals surface area (Å²) in [5.74, 6) is 2.74. The average molecular weight is 595 g/mol. The molecule has 1 amide bonds. The van der Waals surface area contributed by atoms with Crippen LogP contribution in [0.1, 0.15) is 34.8 Å². The Labute approximate surface area is 256 Å². The highest BCUT2D eigenvalue weighted by atomic mass is 16.7. The third kappa shape index (κ3) is 6.18. The molecule has 2 aliphatic rings. The van der Waals surface area contributed by atoms with E-state index >= 15 is 0 Å². The van der Waals surface area contributed by atoms with Crippen LogP contribution in [0.3, 0.4) is 0 Å². The van der Waals surface area contributed by atoms with Crippen molar-refractivity contribution in [3.8, 4) is 23.0 Å². The van der Waals surface area contributed by atoms with Gasteiger partial charge in [-0.3, -0.25) is 4.79 Å². The predicted molar refractivity (Wildman–Crippen MR) is 164 cm³/mol. The van der Waals surface area contributed by atoms with E-state index in [1.165, 1.54) is 0 Å². The van der Waals surface area contributed by atoms with Crippen molar-refractivity contribution < 1.29 is 33.6 Å². The molecule has 0 spiro atoms. The molecule has 0 unspecified atom stereocenters. The second kappa shape index (κ2) is 13.1. The van der Waals surface area contributed by atoms with Crippen LogP contribution >= 0.6 is 0 Å². The SMILES string of the molecule is COc1cccc([C@H]2OC(c3ccc(OCCCO)cc3)=N[C@@]2(Cc2ccccc2)C(=O)NCc2ccc3c(c2)OCO3)c1. The number of carbonyl (C=O) groups is 1. The molecular formula is C35H34N2O7. The van der Waals surface area contributed by atoms with E-state index in [2.05, 4.69) is 5.32 Å². The molecule has 2 N–H and O–H groups in total. The number of hydrogen-bond donors (Lipinski definition) is 2. The van der Waals surface area contributed by atoms with Crippen LogP contribution in [-0.2, 0) is 22.5 Å². The quantitative estimate of drug-likeness (QED) is 0.222. The predicted octanol–water partition coefficient (Wildman–Crippen LogP) is 5.00. The molecule has 2 aliphatic heterocycles. The van der Waals surface area contributed by atoms with Crippen molar-refractivity contribution in [3.63, 3.8) is 0 Å². The van der Waals surface area contributed by atoms with E-state index in [0.29, 0.717) is 53.9 Å². The maximum atomic E-state index is 14.5. The second-order valence-electron chi connectivity index (χ2n) is 10.6. The Bertz CT molecular complexity index is 1620. The van der Waals surface area contributed by atoms with E-state index in [-0.39, 0.29) is 25.9 Å². The number of nitrogens with one attached hydrogen (secondary N) is 1. The van der Waals surface area contributed by atoms with Crippen molar-refractivity contribution in [2.45, 2.75) is 31.0 Å². The van der Waals surface area contributed by atoms with Gasteiger partial charge in [0.1, 0.15) is 11.5 Å². The summed E-state index contributed by atoms with van der Waals surface area (Å²) >= 11 is 0. The monoisotopic (exact) mass is 594 g/mol. The Morgan fingerprint density at radius 2 is 1.75 bits per heavy atom. The Hall–Kier alpha value is -5.02. The van der Waals surface area contributed by atoms with Crippen molar-refractivity contribution in [1.82, 2.24) is 5.32 Å². The summed E-state index contributed by atoms with van der Waals surface area (Å²) < 4.78 is 28.8. The Morgan fingerprint density at radius 3 is 2.55 bits per heavy atom.